The van der Waals surface area contributed by atoms with Crippen LogP contribution < -0.4 is 4.74 Å². The molecule has 0 atom stereocenters. The second kappa shape index (κ2) is 6.57. The highest BCUT2D eigenvalue weighted by Crippen LogP contribution is 2.21. The van der Waals surface area contributed by atoms with E-state index in [9.17, 15) is 4.79 Å². The van der Waals surface area contributed by atoms with Gasteiger partial charge in [-0.05, 0) is 32.2 Å². The normalized spacial score (nSPS) is 16.6. The monoisotopic (exact) mass is 274 g/mol. The number of amides is 1. The van der Waals surface area contributed by atoms with Crippen LogP contribution in [-0.4, -0.2) is 56.0 Å². The van der Waals surface area contributed by atoms with Gasteiger partial charge in [-0.1, -0.05) is 11.6 Å². The maximum absolute atomic E-state index is 12.1. The predicted molar refractivity (Wildman–Crippen MR) is 80.8 cm³/mol. The molecule has 0 spiro atoms. The molecule has 4 heteroatoms. The molecule has 1 saturated heterocycles. The van der Waals surface area contributed by atoms with Gasteiger partial charge in [0.1, 0.15) is 5.75 Å². The number of hydrogen-bond acceptors (Lipinski definition) is 3. The van der Waals surface area contributed by atoms with E-state index in [4.69, 9.17) is 4.74 Å². The number of carbonyl (C=O) groups is 1. The zero-order valence-corrected chi connectivity index (χ0v) is 12.4. The van der Waals surface area contributed by atoms with Crippen LogP contribution >= 0.6 is 0 Å². The van der Waals surface area contributed by atoms with Crippen LogP contribution in [0, 0.1) is 6.92 Å². The summed E-state index contributed by atoms with van der Waals surface area (Å²) in [5, 5.41) is 0. The van der Waals surface area contributed by atoms with E-state index in [0.29, 0.717) is 0 Å². The van der Waals surface area contributed by atoms with Gasteiger partial charge in [0.15, 0.2) is 0 Å². The Morgan fingerprint density at radius 1 is 1.25 bits per heavy atom. The molecule has 1 aromatic carbocycles. The summed E-state index contributed by atoms with van der Waals surface area (Å²) >= 11 is 0. The van der Waals surface area contributed by atoms with Crippen LogP contribution in [0.3, 0.4) is 0 Å². The number of carbonyl (C=O) groups excluding carboxylic acids is 1. The second-order valence-electron chi connectivity index (χ2n) is 5.21. The second-order valence-corrected chi connectivity index (χ2v) is 5.21. The van der Waals surface area contributed by atoms with Gasteiger partial charge in [-0.15, -0.1) is 0 Å². The first-order valence-electron chi connectivity index (χ1n) is 6.90. The minimum atomic E-state index is 0.0710. The van der Waals surface area contributed by atoms with E-state index >= 15 is 0 Å². The Bertz CT molecular complexity index is 503. The van der Waals surface area contributed by atoms with Crippen LogP contribution in [0.2, 0.25) is 0 Å². The Kier molecular flexibility index (Phi) is 4.79. The van der Waals surface area contributed by atoms with Crippen molar-refractivity contribution in [1.82, 2.24) is 9.80 Å². The van der Waals surface area contributed by atoms with Crippen LogP contribution in [0.4, 0.5) is 0 Å². The van der Waals surface area contributed by atoms with Crippen molar-refractivity contribution in [2.75, 3.05) is 40.3 Å². The molecular formula is C16H22N2O2. The van der Waals surface area contributed by atoms with Crippen LogP contribution in [0.5, 0.6) is 5.75 Å². The number of aryl methyl sites for hydroxylation is 1. The molecule has 2 rings (SSSR count). The highest BCUT2D eigenvalue weighted by molar-refractivity contribution is 5.92. The smallest absolute Gasteiger partial charge is 0.246 e. The lowest BCUT2D eigenvalue weighted by Crippen LogP contribution is -2.46. The SMILES string of the molecule is COc1ccc(C)cc1/C=C/C(=O)N1CCN(C)CC1. The lowest BCUT2D eigenvalue weighted by atomic mass is 10.1. The molecule has 0 radical (unpaired) electrons. The molecule has 1 aliphatic heterocycles. The Labute approximate surface area is 120 Å². The number of hydrogen-bond donors (Lipinski definition) is 0. The van der Waals surface area contributed by atoms with Crippen molar-refractivity contribution in [3.63, 3.8) is 0 Å². The summed E-state index contributed by atoms with van der Waals surface area (Å²) in [7, 11) is 3.72. The van der Waals surface area contributed by atoms with Crippen LogP contribution in [0.25, 0.3) is 6.08 Å². The molecule has 0 saturated carbocycles. The van der Waals surface area contributed by atoms with Gasteiger partial charge >= 0.3 is 0 Å². The molecule has 0 aromatic heterocycles. The summed E-state index contributed by atoms with van der Waals surface area (Å²) in [5.74, 6) is 0.861. The van der Waals surface area contributed by atoms with E-state index in [1.165, 1.54) is 0 Å². The van der Waals surface area contributed by atoms with E-state index in [1.807, 2.05) is 36.1 Å². The molecule has 108 valence electrons. The van der Waals surface area contributed by atoms with Gasteiger partial charge in [-0.3, -0.25) is 4.79 Å². The molecule has 0 unspecified atom stereocenters. The highest BCUT2D eigenvalue weighted by atomic mass is 16.5. The van der Waals surface area contributed by atoms with Crippen LogP contribution in [0.15, 0.2) is 24.3 Å². The first-order chi connectivity index (χ1) is 9.60. The van der Waals surface area contributed by atoms with Gasteiger partial charge in [0.05, 0.1) is 7.11 Å². The molecule has 0 aliphatic carbocycles. The summed E-state index contributed by atoms with van der Waals surface area (Å²) in [6, 6.07) is 5.94. The number of benzene rings is 1. The average molecular weight is 274 g/mol. The third kappa shape index (κ3) is 3.61. The van der Waals surface area contributed by atoms with Crippen molar-refractivity contribution in [3.05, 3.63) is 35.4 Å². The third-order valence-corrected chi connectivity index (χ3v) is 3.61. The number of methoxy groups -OCH3 is 1. The summed E-state index contributed by atoms with van der Waals surface area (Å²) < 4.78 is 5.31. The molecule has 4 nitrogen and oxygen atoms in total. The minimum absolute atomic E-state index is 0.0710. The number of piperazine rings is 1. The van der Waals surface area contributed by atoms with Crippen LogP contribution in [-0.2, 0) is 4.79 Å². The van der Waals surface area contributed by atoms with E-state index in [-0.39, 0.29) is 5.91 Å². The van der Waals surface area contributed by atoms with Crippen molar-refractivity contribution < 1.29 is 9.53 Å². The molecule has 1 heterocycles. The predicted octanol–water partition coefficient (Wildman–Crippen LogP) is 1.79. The van der Waals surface area contributed by atoms with Gasteiger partial charge in [0.25, 0.3) is 0 Å². The quantitative estimate of drug-likeness (QED) is 0.788. The summed E-state index contributed by atoms with van der Waals surface area (Å²) in [5.41, 5.74) is 2.09. The third-order valence-electron chi connectivity index (χ3n) is 3.61. The van der Waals surface area contributed by atoms with Crippen molar-refractivity contribution in [2.24, 2.45) is 0 Å². The number of rotatable bonds is 3. The zero-order valence-electron chi connectivity index (χ0n) is 12.4. The molecule has 20 heavy (non-hydrogen) atoms. The number of ether oxygens (including phenoxy) is 1. The summed E-state index contributed by atoms with van der Waals surface area (Å²) in [6.45, 7) is 5.50. The lowest BCUT2D eigenvalue weighted by Gasteiger charge is -2.31. The Hall–Kier alpha value is -1.81. The molecule has 0 bridgehead atoms. The zero-order chi connectivity index (χ0) is 14.5. The van der Waals surface area contributed by atoms with Crippen molar-refractivity contribution in [3.8, 4) is 5.75 Å². The van der Waals surface area contributed by atoms with Crippen LogP contribution in [0.1, 0.15) is 11.1 Å². The van der Waals surface area contributed by atoms with Gasteiger partial charge < -0.3 is 14.5 Å². The summed E-state index contributed by atoms with van der Waals surface area (Å²) in [4.78, 5) is 16.3. The standard InChI is InChI=1S/C16H22N2O2/c1-13-4-6-15(20-3)14(12-13)5-7-16(19)18-10-8-17(2)9-11-18/h4-7,12H,8-11H2,1-3H3/b7-5+. The lowest BCUT2D eigenvalue weighted by molar-refractivity contribution is -0.127. The van der Waals surface area contributed by atoms with E-state index < -0.39 is 0 Å². The van der Waals surface area contributed by atoms with Gasteiger partial charge in [-0.25, -0.2) is 0 Å². The highest BCUT2D eigenvalue weighted by Gasteiger charge is 2.16. The molecule has 1 aliphatic rings. The van der Waals surface area contributed by atoms with Crippen molar-refractivity contribution in [2.45, 2.75) is 6.92 Å². The fraction of sp³-hybridized carbons (Fsp3) is 0.438. The molecule has 1 aromatic rings. The number of likely N-dealkylation sites (N-methyl/N-ethyl adjacent to an activating group) is 1. The molecule has 0 N–H and O–H groups in total. The molecular weight excluding hydrogens is 252 g/mol. The van der Waals surface area contributed by atoms with Crippen molar-refractivity contribution >= 4 is 12.0 Å². The Balaban J connectivity index is 2.05. The van der Waals surface area contributed by atoms with E-state index in [0.717, 1.165) is 43.1 Å². The number of nitrogens with zero attached hydrogens (tertiary/aromatic N) is 2. The van der Waals surface area contributed by atoms with Crippen molar-refractivity contribution in [1.29, 1.82) is 0 Å². The molecule has 1 amide bonds. The fourth-order valence-corrected chi connectivity index (χ4v) is 2.28. The molecule has 1 fully saturated rings. The fourth-order valence-electron chi connectivity index (χ4n) is 2.28. The van der Waals surface area contributed by atoms with Gasteiger partial charge in [-0.2, -0.15) is 0 Å². The first-order valence-corrected chi connectivity index (χ1v) is 6.90. The first kappa shape index (κ1) is 14.6. The topological polar surface area (TPSA) is 32.8 Å². The summed E-state index contributed by atoms with van der Waals surface area (Å²) in [6.07, 6.45) is 3.48. The van der Waals surface area contributed by atoms with E-state index in [2.05, 4.69) is 11.9 Å². The Morgan fingerprint density at radius 2 is 1.95 bits per heavy atom. The van der Waals surface area contributed by atoms with Gasteiger partial charge in [0, 0.05) is 37.8 Å². The average Bonchev–Trinajstić information content (AvgIpc) is 2.45. The Morgan fingerprint density at radius 3 is 2.60 bits per heavy atom. The minimum Gasteiger partial charge on any atom is -0.496 e. The largest absolute Gasteiger partial charge is 0.496 e. The van der Waals surface area contributed by atoms with E-state index in [1.54, 1.807) is 13.2 Å². The maximum atomic E-state index is 12.1. The maximum Gasteiger partial charge on any atom is 0.246 e. The van der Waals surface area contributed by atoms with Gasteiger partial charge in [0.2, 0.25) is 5.91 Å².